The number of nitrogens with zero attached hydrogens (tertiary/aromatic N) is 2. The molecule has 0 unspecified atom stereocenters. The molecular formula is C15H19N3O. The zero-order chi connectivity index (χ0) is 12.9. The molecule has 1 saturated carbocycles. The number of fused-ring (bicyclic) bond motifs is 1. The number of benzene rings is 1. The van der Waals surface area contributed by atoms with Crippen molar-refractivity contribution in [2.45, 2.75) is 19.3 Å². The fourth-order valence-corrected chi connectivity index (χ4v) is 1.97. The number of para-hydroxylation sites is 2. The molecule has 0 aliphatic heterocycles. The minimum Gasteiger partial charge on any atom is -0.381 e. The molecule has 4 heteroatoms. The van der Waals surface area contributed by atoms with Crippen LogP contribution < -0.4 is 5.32 Å². The molecule has 1 fully saturated rings. The third-order valence-corrected chi connectivity index (χ3v) is 3.27. The van der Waals surface area contributed by atoms with Crippen molar-refractivity contribution in [2.24, 2.45) is 5.92 Å². The Hall–Kier alpha value is -1.68. The fraction of sp³-hybridized carbons (Fsp3) is 0.467. The van der Waals surface area contributed by atoms with Crippen LogP contribution in [0.15, 0.2) is 30.5 Å². The van der Waals surface area contributed by atoms with Gasteiger partial charge in [0.05, 0.1) is 17.2 Å². The summed E-state index contributed by atoms with van der Waals surface area (Å²) in [5.74, 6) is 1.68. The van der Waals surface area contributed by atoms with E-state index in [1.54, 1.807) is 6.20 Å². The second-order valence-electron chi connectivity index (χ2n) is 5.04. The topological polar surface area (TPSA) is 47.0 Å². The molecule has 0 saturated heterocycles. The van der Waals surface area contributed by atoms with E-state index in [1.807, 2.05) is 24.3 Å². The Kier molecular flexibility index (Phi) is 3.89. The summed E-state index contributed by atoms with van der Waals surface area (Å²) in [4.78, 5) is 8.89. The van der Waals surface area contributed by atoms with Crippen molar-refractivity contribution < 1.29 is 4.74 Å². The lowest BCUT2D eigenvalue weighted by atomic mass is 10.3. The van der Waals surface area contributed by atoms with Crippen molar-refractivity contribution in [3.05, 3.63) is 30.5 Å². The lowest BCUT2D eigenvalue weighted by Crippen LogP contribution is -2.08. The largest absolute Gasteiger partial charge is 0.381 e. The van der Waals surface area contributed by atoms with E-state index >= 15 is 0 Å². The number of anilines is 1. The first-order valence-electron chi connectivity index (χ1n) is 6.95. The number of aromatic nitrogens is 2. The number of rotatable bonds is 7. The van der Waals surface area contributed by atoms with Gasteiger partial charge in [-0.25, -0.2) is 4.98 Å². The number of hydrogen-bond acceptors (Lipinski definition) is 4. The molecule has 1 aliphatic rings. The molecule has 1 heterocycles. The van der Waals surface area contributed by atoms with Gasteiger partial charge < -0.3 is 10.1 Å². The molecule has 4 nitrogen and oxygen atoms in total. The smallest absolute Gasteiger partial charge is 0.145 e. The van der Waals surface area contributed by atoms with E-state index in [2.05, 4.69) is 15.3 Å². The predicted octanol–water partition coefficient (Wildman–Crippen LogP) is 2.86. The monoisotopic (exact) mass is 257 g/mol. The van der Waals surface area contributed by atoms with E-state index in [9.17, 15) is 0 Å². The molecule has 0 atom stereocenters. The van der Waals surface area contributed by atoms with Gasteiger partial charge in [-0.2, -0.15) is 0 Å². The normalized spacial score (nSPS) is 14.7. The zero-order valence-electron chi connectivity index (χ0n) is 11.0. The second kappa shape index (κ2) is 5.97. The minimum atomic E-state index is 0.824. The fourth-order valence-electron chi connectivity index (χ4n) is 1.97. The van der Waals surface area contributed by atoms with E-state index in [-0.39, 0.29) is 0 Å². The van der Waals surface area contributed by atoms with Gasteiger partial charge in [-0.15, -0.1) is 0 Å². The Bertz CT molecular complexity index is 540. The number of hydrogen-bond donors (Lipinski definition) is 1. The van der Waals surface area contributed by atoms with Crippen LogP contribution in [0.1, 0.15) is 19.3 Å². The van der Waals surface area contributed by atoms with Crippen molar-refractivity contribution in [3.63, 3.8) is 0 Å². The van der Waals surface area contributed by atoms with Crippen LogP contribution in [-0.4, -0.2) is 29.7 Å². The first kappa shape index (κ1) is 12.4. The lowest BCUT2D eigenvalue weighted by Gasteiger charge is -2.06. The lowest BCUT2D eigenvalue weighted by molar-refractivity contribution is 0.124. The van der Waals surface area contributed by atoms with Gasteiger partial charge in [0.2, 0.25) is 0 Å². The van der Waals surface area contributed by atoms with Gasteiger partial charge in [0.25, 0.3) is 0 Å². The maximum Gasteiger partial charge on any atom is 0.145 e. The molecule has 0 radical (unpaired) electrons. The van der Waals surface area contributed by atoms with E-state index < -0.39 is 0 Å². The highest BCUT2D eigenvalue weighted by atomic mass is 16.5. The van der Waals surface area contributed by atoms with Gasteiger partial charge in [-0.05, 0) is 37.3 Å². The number of ether oxygens (including phenoxy) is 1. The molecule has 0 spiro atoms. The van der Waals surface area contributed by atoms with Crippen molar-refractivity contribution in [2.75, 3.05) is 25.1 Å². The Labute approximate surface area is 113 Å². The first-order chi connectivity index (χ1) is 9.42. The van der Waals surface area contributed by atoms with Crippen LogP contribution in [0.3, 0.4) is 0 Å². The van der Waals surface area contributed by atoms with Crippen molar-refractivity contribution >= 4 is 16.9 Å². The maximum atomic E-state index is 5.59. The highest BCUT2D eigenvalue weighted by Crippen LogP contribution is 2.28. The highest BCUT2D eigenvalue weighted by molar-refractivity contribution is 5.75. The molecule has 1 aliphatic carbocycles. The highest BCUT2D eigenvalue weighted by Gasteiger charge is 2.20. The van der Waals surface area contributed by atoms with Crippen molar-refractivity contribution in [1.29, 1.82) is 0 Å². The molecule has 100 valence electrons. The Balaban J connectivity index is 1.42. The average molecular weight is 257 g/mol. The zero-order valence-corrected chi connectivity index (χ0v) is 11.0. The summed E-state index contributed by atoms with van der Waals surface area (Å²) < 4.78 is 5.59. The Morgan fingerprint density at radius 2 is 2.05 bits per heavy atom. The Morgan fingerprint density at radius 1 is 1.21 bits per heavy atom. The first-order valence-corrected chi connectivity index (χ1v) is 6.95. The van der Waals surface area contributed by atoms with E-state index in [4.69, 9.17) is 4.74 Å². The van der Waals surface area contributed by atoms with E-state index in [0.29, 0.717) is 0 Å². The summed E-state index contributed by atoms with van der Waals surface area (Å²) >= 11 is 0. The molecule has 0 amide bonds. The van der Waals surface area contributed by atoms with Crippen molar-refractivity contribution in [1.82, 2.24) is 9.97 Å². The van der Waals surface area contributed by atoms with Crippen LogP contribution in [-0.2, 0) is 4.74 Å². The molecule has 1 aromatic heterocycles. The summed E-state index contributed by atoms with van der Waals surface area (Å²) in [7, 11) is 0. The van der Waals surface area contributed by atoms with Crippen LogP contribution in [0.25, 0.3) is 11.0 Å². The second-order valence-corrected chi connectivity index (χ2v) is 5.04. The summed E-state index contributed by atoms with van der Waals surface area (Å²) in [6.07, 6.45) is 5.49. The molecular weight excluding hydrogens is 238 g/mol. The van der Waals surface area contributed by atoms with Gasteiger partial charge in [0, 0.05) is 19.8 Å². The van der Waals surface area contributed by atoms with Gasteiger partial charge in [-0.3, -0.25) is 4.98 Å². The van der Waals surface area contributed by atoms with Gasteiger partial charge in [0.15, 0.2) is 0 Å². The maximum absolute atomic E-state index is 5.59. The predicted molar refractivity (Wildman–Crippen MR) is 76.2 cm³/mol. The van der Waals surface area contributed by atoms with Crippen LogP contribution in [0.4, 0.5) is 5.82 Å². The third-order valence-electron chi connectivity index (χ3n) is 3.27. The number of nitrogens with one attached hydrogen (secondary N) is 1. The van der Waals surface area contributed by atoms with Gasteiger partial charge in [0.1, 0.15) is 5.82 Å². The van der Waals surface area contributed by atoms with Gasteiger partial charge >= 0.3 is 0 Å². The summed E-state index contributed by atoms with van der Waals surface area (Å²) in [5.41, 5.74) is 1.86. The summed E-state index contributed by atoms with van der Waals surface area (Å²) in [5, 5.41) is 3.29. The average Bonchev–Trinajstić information content (AvgIpc) is 3.27. The quantitative estimate of drug-likeness (QED) is 0.775. The SMILES string of the molecule is c1ccc2nc(NCCCOCC3CC3)cnc2c1. The van der Waals surface area contributed by atoms with Crippen LogP contribution >= 0.6 is 0 Å². The summed E-state index contributed by atoms with van der Waals surface area (Å²) in [6, 6.07) is 7.90. The van der Waals surface area contributed by atoms with Crippen molar-refractivity contribution in [3.8, 4) is 0 Å². The minimum absolute atomic E-state index is 0.824. The Morgan fingerprint density at radius 3 is 2.89 bits per heavy atom. The molecule has 3 rings (SSSR count). The van der Waals surface area contributed by atoms with E-state index in [0.717, 1.165) is 48.9 Å². The molecule has 1 N–H and O–H groups in total. The van der Waals surface area contributed by atoms with Crippen LogP contribution in [0.2, 0.25) is 0 Å². The standard InChI is InChI=1S/C15H19N3O/c1-2-5-14-13(4-1)17-10-15(18-14)16-8-3-9-19-11-12-6-7-12/h1-2,4-5,10,12H,3,6-9,11H2,(H,16,18). The van der Waals surface area contributed by atoms with Crippen LogP contribution in [0.5, 0.6) is 0 Å². The van der Waals surface area contributed by atoms with Crippen LogP contribution in [0, 0.1) is 5.92 Å². The van der Waals surface area contributed by atoms with E-state index in [1.165, 1.54) is 12.8 Å². The molecule has 19 heavy (non-hydrogen) atoms. The summed E-state index contributed by atoms with van der Waals surface area (Å²) in [6.45, 7) is 2.64. The molecule has 2 aromatic rings. The molecule has 0 bridgehead atoms. The third kappa shape index (κ3) is 3.64. The van der Waals surface area contributed by atoms with Gasteiger partial charge in [-0.1, -0.05) is 12.1 Å². The molecule has 1 aromatic carbocycles.